The maximum Gasteiger partial charge on any atom is 0.136 e. The predicted octanol–water partition coefficient (Wildman–Crippen LogP) is 6.31. The van der Waals surface area contributed by atoms with Crippen LogP contribution in [0.3, 0.4) is 0 Å². The lowest BCUT2D eigenvalue weighted by atomic mass is 9.98. The second-order valence-corrected chi connectivity index (χ2v) is 6.75. The molecular formula is C23H34N4. The molecule has 3 N–H and O–H groups in total. The van der Waals surface area contributed by atoms with Gasteiger partial charge in [0, 0.05) is 12.6 Å². The Morgan fingerprint density at radius 3 is 2.30 bits per heavy atom. The van der Waals surface area contributed by atoms with Crippen LogP contribution in [0.25, 0.3) is 5.57 Å². The third kappa shape index (κ3) is 5.61. The van der Waals surface area contributed by atoms with Crippen molar-refractivity contribution in [3.05, 3.63) is 64.9 Å². The van der Waals surface area contributed by atoms with Crippen LogP contribution in [0.2, 0.25) is 0 Å². The van der Waals surface area contributed by atoms with Gasteiger partial charge < -0.3 is 11.1 Å². The van der Waals surface area contributed by atoms with Gasteiger partial charge in [-0.05, 0) is 57.9 Å². The first-order valence-electron chi connectivity index (χ1n) is 9.39. The Balaban J connectivity index is 0.00000176. The summed E-state index contributed by atoms with van der Waals surface area (Å²) in [6, 6.07) is 6.00. The zero-order valence-corrected chi connectivity index (χ0v) is 18.1. The second kappa shape index (κ2) is 9.81. The maximum atomic E-state index is 6.18. The van der Waals surface area contributed by atoms with Gasteiger partial charge >= 0.3 is 0 Å². The summed E-state index contributed by atoms with van der Waals surface area (Å²) < 4.78 is 1.85. The summed E-state index contributed by atoms with van der Waals surface area (Å²) in [7, 11) is 1.93. The number of nitrogens with zero attached hydrogens (tertiary/aromatic N) is 2. The number of nitrogens with one attached hydrogen (secondary N) is 1. The van der Waals surface area contributed by atoms with Crippen molar-refractivity contribution in [1.29, 1.82) is 0 Å². The van der Waals surface area contributed by atoms with Crippen molar-refractivity contribution < 1.29 is 0 Å². The van der Waals surface area contributed by atoms with Crippen LogP contribution in [0.15, 0.2) is 48.1 Å². The third-order valence-corrected chi connectivity index (χ3v) is 3.99. The molecule has 0 fully saturated rings. The van der Waals surface area contributed by atoms with Gasteiger partial charge in [-0.3, -0.25) is 4.68 Å². The first-order chi connectivity index (χ1) is 12.7. The van der Waals surface area contributed by atoms with Crippen molar-refractivity contribution in [3.63, 3.8) is 0 Å². The van der Waals surface area contributed by atoms with Gasteiger partial charge in [0.1, 0.15) is 5.82 Å². The highest BCUT2D eigenvalue weighted by Gasteiger charge is 2.18. The van der Waals surface area contributed by atoms with Crippen molar-refractivity contribution in [1.82, 2.24) is 9.78 Å². The number of rotatable bonds is 5. The van der Waals surface area contributed by atoms with E-state index in [-0.39, 0.29) is 0 Å². The fraction of sp³-hybridized carbons (Fsp3) is 0.348. The number of hydrogen-bond donors (Lipinski definition) is 2. The molecule has 0 amide bonds. The van der Waals surface area contributed by atoms with E-state index in [4.69, 9.17) is 5.73 Å². The quantitative estimate of drug-likeness (QED) is 0.481. The summed E-state index contributed by atoms with van der Waals surface area (Å²) in [5, 5.41) is 8.05. The van der Waals surface area contributed by atoms with Gasteiger partial charge in [-0.2, -0.15) is 5.10 Å². The largest absolute Gasteiger partial charge is 0.397 e. The Labute approximate surface area is 164 Å². The summed E-state index contributed by atoms with van der Waals surface area (Å²) >= 11 is 0. The SMILES string of the molecule is C=C(C)/C(=C\C=C(C)C)c1c(C)nn(C)c1Nc1ccc(C)cc1N.CC. The number of anilines is 3. The van der Waals surface area contributed by atoms with E-state index in [2.05, 4.69) is 43.0 Å². The highest BCUT2D eigenvalue weighted by molar-refractivity contribution is 5.88. The highest BCUT2D eigenvalue weighted by atomic mass is 15.3. The Morgan fingerprint density at radius 1 is 1.15 bits per heavy atom. The molecule has 0 spiro atoms. The van der Waals surface area contributed by atoms with Gasteiger partial charge in [0.05, 0.1) is 17.1 Å². The van der Waals surface area contributed by atoms with Crippen LogP contribution >= 0.6 is 0 Å². The fourth-order valence-corrected chi connectivity index (χ4v) is 2.74. The molecule has 2 rings (SSSR count). The summed E-state index contributed by atoms with van der Waals surface area (Å²) in [5.74, 6) is 0.907. The Bertz CT molecular complexity index is 863. The lowest BCUT2D eigenvalue weighted by Gasteiger charge is -2.14. The molecule has 0 atom stereocenters. The van der Waals surface area contributed by atoms with Crippen LogP contribution in [0.4, 0.5) is 17.2 Å². The summed E-state index contributed by atoms with van der Waals surface area (Å²) in [6.45, 7) is 18.4. The van der Waals surface area contributed by atoms with Crippen LogP contribution in [-0.2, 0) is 7.05 Å². The lowest BCUT2D eigenvalue weighted by molar-refractivity contribution is 0.765. The Morgan fingerprint density at radius 2 is 1.78 bits per heavy atom. The molecule has 0 saturated carbocycles. The highest BCUT2D eigenvalue weighted by Crippen LogP contribution is 2.34. The van der Waals surface area contributed by atoms with Gasteiger partial charge in [0.25, 0.3) is 0 Å². The molecule has 0 aliphatic heterocycles. The molecule has 4 nitrogen and oxygen atoms in total. The molecule has 0 aliphatic carbocycles. The molecule has 1 heterocycles. The zero-order valence-electron chi connectivity index (χ0n) is 18.1. The summed E-state index contributed by atoms with van der Waals surface area (Å²) in [5.41, 5.74) is 14.2. The Kier molecular flexibility index (Phi) is 8.10. The second-order valence-electron chi connectivity index (χ2n) is 6.75. The van der Waals surface area contributed by atoms with E-state index in [0.29, 0.717) is 0 Å². The van der Waals surface area contributed by atoms with Crippen molar-refractivity contribution in [2.45, 2.75) is 48.5 Å². The van der Waals surface area contributed by atoms with E-state index in [1.165, 1.54) is 5.57 Å². The first-order valence-corrected chi connectivity index (χ1v) is 9.39. The van der Waals surface area contributed by atoms with Crippen LogP contribution < -0.4 is 11.1 Å². The van der Waals surface area contributed by atoms with Gasteiger partial charge in [-0.15, -0.1) is 0 Å². The Hall–Kier alpha value is -2.75. The van der Waals surface area contributed by atoms with Gasteiger partial charge in [-0.1, -0.05) is 49.8 Å². The van der Waals surface area contributed by atoms with Crippen molar-refractivity contribution in [2.75, 3.05) is 11.1 Å². The topological polar surface area (TPSA) is 55.9 Å². The van der Waals surface area contributed by atoms with Crippen molar-refractivity contribution in [2.24, 2.45) is 7.05 Å². The fourth-order valence-electron chi connectivity index (χ4n) is 2.74. The molecule has 0 radical (unpaired) electrons. The van der Waals surface area contributed by atoms with Crippen LogP contribution in [0, 0.1) is 13.8 Å². The van der Waals surface area contributed by atoms with Gasteiger partial charge in [-0.25, -0.2) is 0 Å². The van der Waals surface area contributed by atoms with E-state index in [0.717, 1.165) is 45.2 Å². The average Bonchev–Trinajstić information content (AvgIpc) is 2.86. The number of allylic oxidation sites excluding steroid dienone is 5. The van der Waals surface area contributed by atoms with E-state index < -0.39 is 0 Å². The molecule has 2 aromatic rings. The molecule has 1 aromatic carbocycles. The van der Waals surface area contributed by atoms with Crippen molar-refractivity contribution >= 4 is 22.8 Å². The van der Waals surface area contributed by atoms with Crippen molar-refractivity contribution in [3.8, 4) is 0 Å². The number of aryl methyl sites for hydroxylation is 3. The van der Waals surface area contributed by atoms with E-state index >= 15 is 0 Å². The summed E-state index contributed by atoms with van der Waals surface area (Å²) in [6.07, 6.45) is 4.20. The number of nitrogens with two attached hydrogens (primary N) is 1. The molecular weight excluding hydrogens is 332 g/mol. The molecule has 0 aliphatic rings. The number of benzene rings is 1. The normalized spacial score (nSPS) is 10.7. The summed E-state index contributed by atoms with van der Waals surface area (Å²) in [4.78, 5) is 0. The zero-order chi connectivity index (χ0) is 20.7. The minimum atomic E-state index is 0.718. The monoisotopic (exact) mass is 366 g/mol. The first kappa shape index (κ1) is 22.3. The van der Waals surface area contributed by atoms with Crippen LogP contribution in [0.5, 0.6) is 0 Å². The smallest absolute Gasteiger partial charge is 0.136 e. The molecule has 146 valence electrons. The average molecular weight is 367 g/mol. The van der Waals surface area contributed by atoms with E-state index in [1.807, 2.05) is 64.5 Å². The molecule has 0 bridgehead atoms. The predicted molar refractivity (Wildman–Crippen MR) is 120 cm³/mol. The maximum absolute atomic E-state index is 6.18. The number of aromatic nitrogens is 2. The number of hydrogen-bond acceptors (Lipinski definition) is 3. The number of nitrogen functional groups attached to an aromatic ring is 1. The third-order valence-electron chi connectivity index (χ3n) is 3.99. The molecule has 0 unspecified atom stereocenters. The minimum Gasteiger partial charge on any atom is -0.397 e. The van der Waals surface area contributed by atoms with E-state index in [1.54, 1.807) is 0 Å². The molecule has 1 aromatic heterocycles. The van der Waals surface area contributed by atoms with Crippen LogP contribution in [-0.4, -0.2) is 9.78 Å². The van der Waals surface area contributed by atoms with Gasteiger partial charge in [0.2, 0.25) is 0 Å². The standard InChI is InChI=1S/C21H28N4.C2H6/c1-13(2)8-10-17(14(3)4)20-16(6)24-25(7)21(20)23-19-11-9-15(5)12-18(19)22;1-2/h8-12,23H,3,22H2,1-2,4-7H3;1-2H3/b17-10+;. The molecule has 0 saturated heterocycles. The van der Waals surface area contributed by atoms with Gasteiger partial charge in [0.15, 0.2) is 0 Å². The van der Waals surface area contributed by atoms with Crippen LogP contribution in [0.1, 0.15) is 51.4 Å². The van der Waals surface area contributed by atoms with E-state index in [9.17, 15) is 0 Å². The lowest BCUT2D eigenvalue weighted by Crippen LogP contribution is -2.04. The molecule has 4 heteroatoms. The minimum absolute atomic E-state index is 0.718. The molecule has 27 heavy (non-hydrogen) atoms.